The van der Waals surface area contributed by atoms with Gasteiger partial charge in [0.15, 0.2) is 8.32 Å². The van der Waals surface area contributed by atoms with Crippen LogP contribution in [0, 0.1) is 11.8 Å². The number of aliphatic hydroxyl groups is 1. The minimum Gasteiger partial charge on any atom is -0.414 e. The quantitative estimate of drug-likeness (QED) is 0.530. The zero-order valence-corrected chi connectivity index (χ0v) is 16.0. The van der Waals surface area contributed by atoms with E-state index in [-0.39, 0.29) is 29.1 Å². The summed E-state index contributed by atoms with van der Waals surface area (Å²) in [4.78, 5) is 0. The number of hydrogen-bond acceptors (Lipinski definition) is 2. The van der Waals surface area contributed by atoms with Crippen LogP contribution >= 0.6 is 0 Å². The molecule has 0 fully saturated rings. The first kappa shape index (κ1) is 19.9. The van der Waals surface area contributed by atoms with Crippen LogP contribution in [0.1, 0.15) is 54.9 Å². The second-order valence-electron chi connectivity index (χ2n) is 7.56. The Morgan fingerprint density at radius 3 is 2.05 bits per heavy atom. The van der Waals surface area contributed by atoms with Crippen LogP contribution < -0.4 is 0 Å². The van der Waals surface area contributed by atoms with Gasteiger partial charge in [-0.15, -0.1) is 0 Å². The van der Waals surface area contributed by atoms with Crippen LogP contribution in [0.5, 0.6) is 0 Å². The highest BCUT2D eigenvalue weighted by Gasteiger charge is 2.40. The third-order valence-electron chi connectivity index (χ3n) is 4.81. The smallest absolute Gasteiger partial charge is 0.192 e. The Kier molecular flexibility index (Phi) is 7.72. The summed E-state index contributed by atoms with van der Waals surface area (Å²) in [6.45, 7) is 19.7. The minimum absolute atomic E-state index is 0.138. The van der Waals surface area contributed by atoms with Crippen molar-refractivity contribution in [2.24, 2.45) is 11.8 Å². The molecule has 4 atom stereocenters. The van der Waals surface area contributed by atoms with Gasteiger partial charge in [-0.05, 0) is 31.5 Å². The highest BCUT2D eigenvalue weighted by Crippen LogP contribution is 2.39. The SMILES string of the molecule is C/C=C/[C@@H](C)[C@H](O)[C@H](C)[C@H](CC)O[Si](C)(C)C(C)(C)C. The van der Waals surface area contributed by atoms with Crippen LogP contribution in [0.15, 0.2) is 12.2 Å². The highest BCUT2D eigenvalue weighted by molar-refractivity contribution is 6.74. The second-order valence-corrected chi connectivity index (χ2v) is 12.3. The van der Waals surface area contributed by atoms with E-state index in [4.69, 9.17) is 4.43 Å². The summed E-state index contributed by atoms with van der Waals surface area (Å²) < 4.78 is 6.52. The molecule has 0 aromatic heterocycles. The van der Waals surface area contributed by atoms with Gasteiger partial charge >= 0.3 is 0 Å². The van der Waals surface area contributed by atoms with E-state index in [2.05, 4.69) is 60.7 Å². The number of hydrogen-bond donors (Lipinski definition) is 1. The summed E-state index contributed by atoms with van der Waals surface area (Å²) in [6, 6.07) is 0. The van der Waals surface area contributed by atoms with Crippen molar-refractivity contribution < 1.29 is 9.53 Å². The van der Waals surface area contributed by atoms with Crippen molar-refractivity contribution in [1.82, 2.24) is 0 Å². The zero-order chi connectivity index (χ0) is 16.1. The molecule has 0 aromatic carbocycles. The van der Waals surface area contributed by atoms with Crippen LogP contribution in [-0.2, 0) is 4.43 Å². The van der Waals surface area contributed by atoms with Crippen molar-refractivity contribution in [1.29, 1.82) is 0 Å². The fourth-order valence-electron chi connectivity index (χ4n) is 2.23. The Balaban J connectivity index is 4.92. The molecule has 20 heavy (non-hydrogen) atoms. The molecular formula is C17H36O2Si. The monoisotopic (exact) mass is 300 g/mol. The van der Waals surface area contributed by atoms with Crippen molar-refractivity contribution in [2.45, 2.75) is 85.2 Å². The van der Waals surface area contributed by atoms with E-state index in [9.17, 15) is 5.11 Å². The van der Waals surface area contributed by atoms with Crippen molar-refractivity contribution >= 4 is 8.32 Å². The fraction of sp³-hybridized carbons (Fsp3) is 0.882. The van der Waals surface area contributed by atoms with Gasteiger partial charge in [0.1, 0.15) is 0 Å². The maximum absolute atomic E-state index is 10.5. The zero-order valence-electron chi connectivity index (χ0n) is 15.0. The molecule has 2 nitrogen and oxygen atoms in total. The molecule has 0 rings (SSSR count). The van der Waals surface area contributed by atoms with Gasteiger partial charge in [-0.25, -0.2) is 0 Å². The molecule has 0 amide bonds. The van der Waals surface area contributed by atoms with Gasteiger partial charge in [-0.2, -0.15) is 0 Å². The van der Waals surface area contributed by atoms with E-state index in [0.29, 0.717) is 0 Å². The van der Waals surface area contributed by atoms with Crippen LogP contribution in [0.4, 0.5) is 0 Å². The Morgan fingerprint density at radius 1 is 1.20 bits per heavy atom. The maximum Gasteiger partial charge on any atom is 0.192 e. The lowest BCUT2D eigenvalue weighted by Gasteiger charge is -2.42. The van der Waals surface area contributed by atoms with Gasteiger partial charge in [0.25, 0.3) is 0 Å². The average Bonchev–Trinajstić information content (AvgIpc) is 2.33. The molecule has 3 heteroatoms. The molecule has 0 saturated carbocycles. The van der Waals surface area contributed by atoms with Crippen LogP contribution in [0.2, 0.25) is 18.1 Å². The van der Waals surface area contributed by atoms with E-state index in [1.165, 1.54) is 0 Å². The summed E-state index contributed by atoms with van der Waals surface area (Å²) in [5, 5.41) is 10.7. The lowest BCUT2D eigenvalue weighted by Crippen LogP contribution is -2.47. The minimum atomic E-state index is -1.78. The molecule has 0 saturated heterocycles. The van der Waals surface area contributed by atoms with Gasteiger partial charge in [-0.3, -0.25) is 0 Å². The molecule has 1 N–H and O–H groups in total. The molecule has 0 heterocycles. The summed E-state index contributed by atoms with van der Waals surface area (Å²) in [5.74, 6) is 0.326. The molecule has 0 bridgehead atoms. The largest absolute Gasteiger partial charge is 0.414 e. The van der Waals surface area contributed by atoms with E-state index >= 15 is 0 Å². The predicted molar refractivity (Wildman–Crippen MR) is 91.5 cm³/mol. The molecule has 0 spiro atoms. The Labute approximate surface area is 127 Å². The van der Waals surface area contributed by atoms with Crippen molar-refractivity contribution in [3.05, 3.63) is 12.2 Å². The third-order valence-corrected chi connectivity index (χ3v) is 9.32. The molecule has 0 radical (unpaired) electrons. The number of aliphatic hydroxyl groups excluding tert-OH is 1. The predicted octanol–water partition coefficient (Wildman–Crippen LogP) is 5.00. The van der Waals surface area contributed by atoms with E-state index in [1.54, 1.807) is 0 Å². The van der Waals surface area contributed by atoms with E-state index in [0.717, 1.165) is 6.42 Å². The van der Waals surface area contributed by atoms with E-state index in [1.807, 2.05) is 13.0 Å². The highest BCUT2D eigenvalue weighted by atomic mass is 28.4. The first-order valence-corrected chi connectivity index (χ1v) is 10.9. The van der Waals surface area contributed by atoms with Gasteiger partial charge in [0.05, 0.1) is 6.10 Å². The average molecular weight is 301 g/mol. The fourth-order valence-corrected chi connectivity index (χ4v) is 3.73. The van der Waals surface area contributed by atoms with Crippen molar-refractivity contribution in [3.63, 3.8) is 0 Å². The summed E-state index contributed by atoms with van der Waals surface area (Å²) >= 11 is 0. The molecule has 0 aromatic rings. The second kappa shape index (κ2) is 7.76. The molecule has 0 aliphatic carbocycles. The molecule has 0 unspecified atom stereocenters. The van der Waals surface area contributed by atoms with Crippen LogP contribution in [-0.4, -0.2) is 25.6 Å². The Hall–Kier alpha value is -0.123. The number of allylic oxidation sites excluding steroid dienone is 1. The normalized spacial score (nSPS) is 19.9. The summed E-state index contributed by atoms with van der Waals surface area (Å²) in [7, 11) is -1.78. The van der Waals surface area contributed by atoms with Gasteiger partial charge in [0.2, 0.25) is 0 Å². The van der Waals surface area contributed by atoms with E-state index < -0.39 is 8.32 Å². The molecule has 0 aliphatic heterocycles. The van der Waals surface area contributed by atoms with Gasteiger partial charge in [0, 0.05) is 17.9 Å². The topological polar surface area (TPSA) is 29.5 Å². The lowest BCUT2D eigenvalue weighted by molar-refractivity contribution is 0.00833. The standard InChI is InChI=1S/C17H36O2Si/c1-10-12-13(3)16(18)14(4)15(11-2)19-20(8,9)17(5,6)7/h10,12-16,18H,11H2,1-9H3/b12-10+/t13-,14-,15+,16+/m1/s1. The molecule has 120 valence electrons. The lowest BCUT2D eigenvalue weighted by atomic mass is 9.88. The number of rotatable bonds is 7. The molecule has 0 aliphatic rings. The van der Waals surface area contributed by atoms with Gasteiger partial charge < -0.3 is 9.53 Å². The molecular weight excluding hydrogens is 264 g/mol. The third kappa shape index (κ3) is 5.34. The first-order valence-electron chi connectivity index (χ1n) is 7.96. The van der Waals surface area contributed by atoms with Crippen molar-refractivity contribution in [2.75, 3.05) is 0 Å². The summed E-state index contributed by atoms with van der Waals surface area (Å²) in [6.07, 6.45) is 4.82. The first-order chi connectivity index (χ1) is 8.97. The van der Waals surface area contributed by atoms with Crippen LogP contribution in [0.3, 0.4) is 0 Å². The summed E-state index contributed by atoms with van der Waals surface area (Å²) in [5.41, 5.74) is 0. The Bertz CT molecular complexity index is 305. The maximum atomic E-state index is 10.5. The Morgan fingerprint density at radius 2 is 1.70 bits per heavy atom. The van der Waals surface area contributed by atoms with Crippen LogP contribution in [0.25, 0.3) is 0 Å². The van der Waals surface area contributed by atoms with Gasteiger partial charge in [-0.1, -0.05) is 53.7 Å². The van der Waals surface area contributed by atoms with Crippen molar-refractivity contribution in [3.8, 4) is 0 Å².